The van der Waals surface area contributed by atoms with Gasteiger partial charge in [-0.15, -0.1) is 0 Å². The molecule has 0 bridgehead atoms. The highest BCUT2D eigenvalue weighted by molar-refractivity contribution is 7.80. The number of benzene rings is 1. The van der Waals surface area contributed by atoms with Gasteiger partial charge in [-0.05, 0) is 24.7 Å². The minimum atomic E-state index is 0.576. The highest BCUT2D eigenvalue weighted by atomic mass is 32.1. The van der Waals surface area contributed by atoms with Gasteiger partial charge in [-0.2, -0.15) is 5.10 Å². The summed E-state index contributed by atoms with van der Waals surface area (Å²) in [6, 6.07) is 10.1. The minimum Gasteiger partial charge on any atom is -0.370 e. The summed E-state index contributed by atoms with van der Waals surface area (Å²) >= 11 is 5.24. The average molecular weight is 321 g/mol. The Morgan fingerprint density at radius 2 is 2.00 bits per heavy atom. The Morgan fingerprint density at radius 1 is 1.27 bits per heavy atom. The molecule has 0 aliphatic carbocycles. The number of quaternary nitrogens is 1. The summed E-state index contributed by atoms with van der Waals surface area (Å²) in [5.74, 6) is 0. The molecule has 0 aromatic heterocycles. The van der Waals surface area contributed by atoms with Crippen LogP contribution in [0.1, 0.15) is 18.9 Å². The molecule has 1 aromatic carbocycles. The van der Waals surface area contributed by atoms with Gasteiger partial charge in [-0.3, -0.25) is 5.43 Å². The standard InChI is InChI=1S/C16H24N4OS/c1-14(15-6-3-2-4-7-15)18-19-16(22)17-8-5-9-20-10-12-21-13-11-20/h2-4,6-7H,5,8-13H2,1H3,(H2,17,19,22)/p+1/b18-14-. The van der Waals surface area contributed by atoms with Gasteiger partial charge < -0.3 is 15.0 Å². The third-order valence-electron chi connectivity index (χ3n) is 3.71. The highest BCUT2D eigenvalue weighted by Gasteiger charge is 2.12. The predicted octanol–water partition coefficient (Wildman–Crippen LogP) is 0.180. The molecule has 0 amide bonds. The van der Waals surface area contributed by atoms with E-state index in [0.717, 1.165) is 57.1 Å². The Bertz CT molecular complexity index is 486. The number of hydrogen-bond acceptors (Lipinski definition) is 3. The lowest BCUT2D eigenvalue weighted by Crippen LogP contribution is -3.14. The molecule has 1 aliphatic rings. The third kappa shape index (κ3) is 6.09. The molecule has 1 aliphatic heterocycles. The number of nitrogens with zero attached hydrogens (tertiary/aromatic N) is 1. The summed E-state index contributed by atoms with van der Waals surface area (Å²) in [5.41, 5.74) is 4.91. The van der Waals surface area contributed by atoms with Crippen LogP contribution >= 0.6 is 12.2 Å². The van der Waals surface area contributed by atoms with Gasteiger partial charge in [-0.25, -0.2) is 0 Å². The van der Waals surface area contributed by atoms with E-state index in [9.17, 15) is 0 Å². The van der Waals surface area contributed by atoms with E-state index in [0.29, 0.717) is 5.11 Å². The molecule has 120 valence electrons. The maximum absolute atomic E-state index is 5.35. The van der Waals surface area contributed by atoms with Gasteiger partial charge in [0.25, 0.3) is 0 Å². The lowest BCUT2D eigenvalue weighted by Gasteiger charge is -2.23. The van der Waals surface area contributed by atoms with Crippen molar-refractivity contribution < 1.29 is 9.64 Å². The second-order valence-corrected chi connectivity index (χ2v) is 5.81. The number of thiocarbonyl (C=S) groups is 1. The smallest absolute Gasteiger partial charge is 0.186 e. The zero-order chi connectivity index (χ0) is 15.6. The molecule has 1 saturated heterocycles. The zero-order valence-corrected chi connectivity index (χ0v) is 13.9. The fourth-order valence-electron chi connectivity index (χ4n) is 2.37. The van der Waals surface area contributed by atoms with Crippen molar-refractivity contribution in [1.82, 2.24) is 10.7 Å². The maximum Gasteiger partial charge on any atom is 0.186 e. The zero-order valence-electron chi connectivity index (χ0n) is 13.1. The Balaban J connectivity index is 1.61. The topological polar surface area (TPSA) is 50.1 Å². The van der Waals surface area contributed by atoms with E-state index in [1.54, 1.807) is 4.90 Å². The number of hydrazone groups is 1. The van der Waals surface area contributed by atoms with Gasteiger partial charge in [0.05, 0.1) is 25.5 Å². The largest absolute Gasteiger partial charge is 0.370 e. The summed E-state index contributed by atoms with van der Waals surface area (Å²) in [7, 11) is 0. The third-order valence-corrected chi connectivity index (χ3v) is 3.94. The lowest BCUT2D eigenvalue weighted by atomic mass is 10.1. The van der Waals surface area contributed by atoms with Crippen molar-refractivity contribution in [1.29, 1.82) is 0 Å². The summed E-state index contributed by atoms with van der Waals surface area (Å²) in [6.07, 6.45) is 1.10. The molecule has 1 aromatic rings. The van der Waals surface area contributed by atoms with E-state index in [1.165, 1.54) is 0 Å². The molecule has 0 radical (unpaired) electrons. The predicted molar refractivity (Wildman–Crippen MR) is 93.4 cm³/mol. The van der Waals surface area contributed by atoms with Gasteiger partial charge in [0, 0.05) is 13.0 Å². The van der Waals surface area contributed by atoms with E-state index in [1.807, 2.05) is 37.3 Å². The van der Waals surface area contributed by atoms with Gasteiger partial charge in [-0.1, -0.05) is 30.3 Å². The van der Waals surface area contributed by atoms with Crippen LogP contribution in [0.2, 0.25) is 0 Å². The number of hydrogen-bond donors (Lipinski definition) is 3. The Hall–Kier alpha value is -1.50. The van der Waals surface area contributed by atoms with Crippen molar-refractivity contribution in [3.8, 4) is 0 Å². The molecule has 6 heteroatoms. The summed E-state index contributed by atoms with van der Waals surface area (Å²) in [6.45, 7) is 7.99. The van der Waals surface area contributed by atoms with Crippen molar-refractivity contribution in [3.05, 3.63) is 35.9 Å². The van der Waals surface area contributed by atoms with E-state index in [4.69, 9.17) is 17.0 Å². The van der Waals surface area contributed by atoms with Crippen molar-refractivity contribution in [2.24, 2.45) is 5.10 Å². The van der Waals surface area contributed by atoms with Gasteiger partial charge in [0.15, 0.2) is 5.11 Å². The molecule has 3 N–H and O–H groups in total. The highest BCUT2D eigenvalue weighted by Crippen LogP contribution is 1.99. The van der Waals surface area contributed by atoms with Gasteiger partial charge >= 0.3 is 0 Å². The summed E-state index contributed by atoms with van der Waals surface area (Å²) < 4.78 is 5.35. The van der Waals surface area contributed by atoms with Crippen LogP contribution in [0.25, 0.3) is 0 Å². The normalized spacial score (nSPS) is 16.3. The van der Waals surface area contributed by atoms with Crippen LogP contribution in [0.15, 0.2) is 35.4 Å². The molecule has 22 heavy (non-hydrogen) atoms. The van der Waals surface area contributed by atoms with Crippen molar-refractivity contribution in [2.75, 3.05) is 39.4 Å². The van der Waals surface area contributed by atoms with E-state index in [-0.39, 0.29) is 0 Å². The van der Waals surface area contributed by atoms with Crippen LogP contribution in [0.5, 0.6) is 0 Å². The molecule has 0 spiro atoms. The fraction of sp³-hybridized carbons (Fsp3) is 0.500. The van der Waals surface area contributed by atoms with Crippen LogP contribution < -0.4 is 15.6 Å². The first kappa shape index (κ1) is 16.9. The molecular weight excluding hydrogens is 296 g/mol. The summed E-state index contributed by atoms with van der Waals surface area (Å²) in [4.78, 5) is 1.62. The van der Waals surface area contributed by atoms with Crippen molar-refractivity contribution >= 4 is 23.0 Å². The molecular formula is C16H25N4OS+. The van der Waals surface area contributed by atoms with Crippen LogP contribution in [-0.2, 0) is 4.74 Å². The van der Waals surface area contributed by atoms with Crippen molar-refractivity contribution in [2.45, 2.75) is 13.3 Å². The Labute approximate surface area is 137 Å². The number of morpholine rings is 1. The Morgan fingerprint density at radius 3 is 2.73 bits per heavy atom. The van der Waals surface area contributed by atoms with Crippen LogP contribution in [0, 0.1) is 0 Å². The lowest BCUT2D eigenvalue weighted by molar-refractivity contribution is -0.908. The van der Waals surface area contributed by atoms with Crippen LogP contribution in [0.4, 0.5) is 0 Å². The first-order chi connectivity index (χ1) is 10.8. The molecule has 1 fully saturated rings. The monoisotopic (exact) mass is 321 g/mol. The van der Waals surface area contributed by atoms with E-state index >= 15 is 0 Å². The fourth-order valence-corrected chi connectivity index (χ4v) is 2.52. The molecule has 0 unspecified atom stereocenters. The van der Waals surface area contributed by atoms with Gasteiger partial charge in [0.1, 0.15) is 13.1 Å². The number of nitrogens with one attached hydrogen (secondary N) is 3. The molecule has 0 saturated carbocycles. The quantitative estimate of drug-likeness (QED) is 0.303. The first-order valence-corrected chi connectivity index (χ1v) is 8.21. The first-order valence-electron chi connectivity index (χ1n) is 7.80. The Kier molecular flexibility index (Phi) is 7.28. The van der Waals surface area contributed by atoms with E-state index in [2.05, 4.69) is 15.8 Å². The van der Waals surface area contributed by atoms with Crippen LogP contribution in [-0.4, -0.2) is 50.2 Å². The number of ether oxygens (including phenoxy) is 1. The second kappa shape index (κ2) is 9.50. The minimum absolute atomic E-state index is 0.576. The summed E-state index contributed by atoms with van der Waals surface area (Å²) in [5, 5.41) is 8.08. The SMILES string of the molecule is C/C(=N/NC(=S)NCCC[NH+]1CCOCC1)c1ccccc1. The molecule has 0 atom stereocenters. The van der Waals surface area contributed by atoms with Crippen molar-refractivity contribution in [3.63, 3.8) is 0 Å². The maximum atomic E-state index is 5.35. The molecule has 1 heterocycles. The van der Waals surface area contributed by atoms with E-state index < -0.39 is 0 Å². The number of rotatable bonds is 6. The second-order valence-electron chi connectivity index (χ2n) is 5.40. The van der Waals surface area contributed by atoms with Crippen LogP contribution in [0.3, 0.4) is 0 Å². The molecule has 2 rings (SSSR count). The average Bonchev–Trinajstić information content (AvgIpc) is 2.58. The van der Waals surface area contributed by atoms with Gasteiger partial charge in [0.2, 0.25) is 0 Å². The molecule has 5 nitrogen and oxygen atoms in total.